The molecule has 4 saturated carbocycles. The molecule has 206 valence electrons. The fraction of sp³-hybridized carbons (Fsp3) is 0.933. The van der Waals surface area contributed by atoms with E-state index in [1.807, 2.05) is 13.8 Å². The highest BCUT2D eigenvalue weighted by Crippen LogP contribution is 2.68. The van der Waals surface area contributed by atoms with Crippen molar-refractivity contribution in [3.63, 3.8) is 0 Å². The molecule has 4 aliphatic carbocycles. The Bertz CT molecular complexity index is 817. The lowest BCUT2D eigenvalue weighted by atomic mass is 9.43. The van der Waals surface area contributed by atoms with Crippen LogP contribution in [0.15, 0.2) is 0 Å². The van der Waals surface area contributed by atoms with Gasteiger partial charge in [0.05, 0.1) is 12.2 Å². The predicted octanol–water partition coefficient (Wildman–Crippen LogP) is 5.01. The van der Waals surface area contributed by atoms with E-state index in [1.54, 1.807) is 0 Å². The molecule has 36 heavy (non-hydrogen) atoms. The van der Waals surface area contributed by atoms with Gasteiger partial charge in [-0.3, -0.25) is 4.79 Å². The summed E-state index contributed by atoms with van der Waals surface area (Å²) in [5, 5.41) is 34.0. The van der Waals surface area contributed by atoms with Gasteiger partial charge in [0.2, 0.25) is 5.91 Å². The van der Waals surface area contributed by atoms with Crippen molar-refractivity contribution in [3.8, 4) is 0 Å². The SMILES string of the molecule is CCC(C)C(NC(=O)CCC(C)C1CCC2C3C(O)CC4CC(O)CCC4(C)C3CCC12C)C(=O)O. The summed E-state index contributed by atoms with van der Waals surface area (Å²) in [4.78, 5) is 24.3. The topological polar surface area (TPSA) is 107 Å². The quantitative estimate of drug-likeness (QED) is 0.371. The van der Waals surface area contributed by atoms with Crippen LogP contribution in [-0.2, 0) is 9.59 Å². The Morgan fingerprint density at radius 3 is 2.31 bits per heavy atom. The number of aliphatic carboxylic acids is 1. The smallest absolute Gasteiger partial charge is 0.326 e. The lowest BCUT2D eigenvalue weighted by molar-refractivity contribution is -0.174. The molecule has 4 rings (SSSR count). The van der Waals surface area contributed by atoms with Crippen molar-refractivity contribution in [2.45, 2.75) is 123 Å². The summed E-state index contributed by atoms with van der Waals surface area (Å²) in [7, 11) is 0. The van der Waals surface area contributed by atoms with Gasteiger partial charge < -0.3 is 20.6 Å². The molecule has 6 heteroatoms. The minimum absolute atomic E-state index is 0.0932. The molecule has 0 aromatic heterocycles. The highest BCUT2D eigenvalue weighted by atomic mass is 16.4. The van der Waals surface area contributed by atoms with Crippen LogP contribution in [0.2, 0.25) is 0 Å². The number of amides is 1. The summed E-state index contributed by atoms with van der Waals surface area (Å²) in [6, 6.07) is -0.819. The van der Waals surface area contributed by atoms with Crippen molar-refractivity contribution < 1.29 is 24.9 Å². The molecule has 0 radical (unpaired) electrons. The summed E-state index contributed by atoms with van der Waals surface area (Å²) < 4.78 is 0. The summed E-state index contributed by atoms with van der Waals surface area (Å²) in [6.45, 7) is 11.0. The van der Waals surface area contributed by atoms with Gasteiger partial charge in [-0.2, -0.15) is 0 Å². The maximum absolute atomic E-state index is 12.7. The summed E-state index contributed by atoms with van der Waals surface area (Å²) in [5.41, 5.74) is 0.429. The minimum Gasteiger partial charge on any atom is -0.480 e. The van der Waals surface area contributed by atoms with Gasteiger partial charge in [-0.05, 0) is 110 Å². The lowest BCUT2D eigenvalue weighted by Crippen LogP contribution is -2.58. The number of hydrogen-bond donors (Lipinski definition) is 4. The molecule has 0 spiro atoms. The number of nitrogens with one attached hydrogen (secondary N) is 1. The van der Waals surface area contributed by atoms with Crippen LogP contribution in [-0.4, -0.2) is 45.4 Å². The molecule has 12 unspecified atom stereocenters. The van der Waals surface area contributed by atoms with Crippen molar-refractivity contribution in [3.05, 3.63) is 0 Å². The maximum atomic E-state index is 12.7. The first-order valence-electron chi connectivity index (χ1n) is 14.8. The number of hydrogen-bond acceptors (Lipinski definition) is 4. The van der Waals surface area contributed by atoms with E-state index in [2.05, 4.69) is 26.1 Å². The Morgan fingerprint density at radius 1 is 0.972 bits per heavy atom. The molecule has 12 atom stereocenters. The molecule has 1 amide bonds. The number of carboxylic acids is 1. The summed E-state index contributed by atoms with van der Waals surface area (Å²) >= 11 is 0. The standard InChI is InChI=1S/C30H51NO5/c1-6-17(2)27(28(35)36)31-25(34)10-7-18(3)21-8-9-22-26-23(12-14-30(21,22)5)29(4)13-11-20(32)15-19(29)16-24(26)33/h17-24,26-27,32-33H,6-16H2,1-5H3,(H,31,34)(H,35,36). The molecular formula is C30H51NO5. The van der Waals surface area contributed by atoms with Gasteiger partial charge in [0.1, 0.15) is 6.04 Å². The van der Waals surface area contributed by atoms with E-state index in [0.717, 1.165) is 51.4 Å². The van der Waals surface area contributed by atoms with Crippen LogP contribution >= 0.6 is 0 Å². The van der Waals surface area contributed by atoms with Crippen LogP contribution in [0.25, 0.3) is 0 Å². The van der Waals surface area contributed by atoms with Crippen LogP contribution in [0.1, 0.15) is 105 Å². The number of carboxylic acid groups (broad SMARTS) is 1. The number of rotatable bonds is 8. The molecule has 4 fully saturated rings. The lowest BCUT2D eigenvalue weighted by Gasteiger charge is -2.62. The molecule has 0 aliphatic heterocycles. The van der Waals surface area contributed by atoms with Crippen LogP contribution in [0, 0.1) is 52.3 Å². The van der Waals surface area contributed by atoms with Gasteiger partial charge in [0.25, 0.3) is 0 Å². The van der Waals surface area contributed by atoms with Gasteiger partial charge in [-0.25, -0.2) is 4.79 Å². The largest absolute Gasteiger partial charge is 0.480 e. The van der Waals surface area contributed by atoms with Crippen LogP contribution in [0.3, 0.4) is 0 Å². The second-order valence-corrected chi connectivity index (χ2v) is 13.7. The van der Waals surface area contributed by atoms with E-state index in [4.69, 9.17) is 0 Å². The Labute approximate surface area is 218 Å². The van der Waals surface area contributed by atoms with Crippen molar-refractivity contribution in [1.29, 1.82) is 0 Å². The Balaban J connectivity index is 1.40. The van der Waals surface area contributed by atoms with Crippen molar-refractivity contribution >= 4 is 11.9 Å². The highest BCUT2D eigenvalue weighted by molar-refractivity contribution is 5.83. The fourth-order valence-corrected chi connectivity index (χ4v) is 9.66. The number of carbonyl (C=O) groups is 2. The van der Waals surface area contributed by atoms with E-state index in [0.29, 0.717) is 48.3 Å². The molecule has 4 N–H and O–H groups in total. The van der Waals surface area contributed by atoms with Gasteiger partial charge in [0.15, 0.2) is 0 Å². The predicted molar refractivity (Wildman–Crippen MR) is 140 cm³/mol. The van der Waals surface area contributed by atoms with E-state index in [1.165, 1.54) is 6.42 Å². The zero-order chi connectivity index (χ0) is 26.4. The van der Waals surface area contributed by atoms with E-state index < -0.39 is 12.0 Å². The van der Waals surface area contributed by atoms with Gasteiger partial charge in [0, 0.05) is 6.42 Å². The fourth-order valence-electron chi connectivity index (χ4n) is 9.66. The second kappa shape index (κ2) is 10.6. The average molecular weight is 506 g/mol. The summed E-state index contributed by atoms with van der Waals surface area (Å²) in [6.07, 6.45) is 9.72. The molecule has 0 bridgehead atoms. The number of fused-ring (bicyclic) bond motifs is 5. The summed E-state index contributed by atoms with van der Waals surface area (Å²) in [5.74, 6) is 1.58. The van der Waals surface area contributed by atoms with Crippen LogP contribution in [0.5, 0.6) is 0 Å². The minimum atomic E-state index is -0.955. The van der Waals surface area contributed by atoms with Gasteiger partial charge in [-0.15, -0.1) is 0 Å². The van der Waals surface area contributed by atoms with Gasteiger partial charge >= 0.3 is 5.97 Å². The van der Waals surface area contributed by atoms with Crippen LogP contribution in [0.4, 0.5) is 0 Å². The van der Waals surface area contributed by atoms with Crippen molar-refractivity contribution in [1.82, 2.24) is 5.32 Å². The first-order chi connectivity index (χ1) is 16.9. The molecule has 6 nitrogen and oxygen atoms in total. The first kappa shape index (κ1) is 27.9. The zero-order valence-corrected chi connectivity index (χ0v) is 23.2. The Morgan fingerprint density at radius 2 is 1.64 bits per heavy atom. The van der Waals surface area contributed by atoms with Gasteiger partial charge in [-0.1, -0.05) is 41.0 Å². The Kier molecular flexibility index (Phi) is 8.17. The van der Waals surface area contributed by atoms with E-state index in [9.17, 15) is 24.9 Å². The average Bonchev–Trinajstić information content (AvgIpc) is 3.18. The highest BCUT2D eigenvalue weighted by Gasteiger charge is 2.62. The third-order valence-corrected chi connectivity index (χ3v) is 12.0. The Hall–Kier alpha value is -1.14. The third kappa shape index (κ3) is 4.86. The normalized spacial score (nSPS) is 44.5. The molecule has 4 aliphatic rings. The molecule has 0 aromatic carbocycles. The molecule has 0 aromatic rings. The van der Waals surface area contributed by atoms with E-state index in [-0.39, 0.29) is 34.9 Å². The second-order valence-electron chi connectivity index (χ2n) is 13.7. The third-order valence-electron chi connectivity index (χ3n) is 12.0. The molecular weight excluding hydrogens is 454 g/mol. The maximum Gasteiger partial charge on any atom is 0.326 e. The molecule has 0 saturated heterocycles. The number of aliphatic hydroxyl groups excluding tert-OH is 2. The van der Waals surface area contributed by atoms with E-state index >= 15 is 0 Å². The first-order valence-corrected chi connectivity index (χ1v) is 14.8. The van der Waals surface area contributed by atoms with Crippen molar-refractivity contribution in [2.75, 3.05) is 0 Å². The zero-order valence-electron chi connectivity index (χ0n) is 23.2. The monoisotopic (exact) mass is 505 g/mol. The number of carbonyl (C=O) groups excluding carboxylic acids is 1. The molecule has 0 heterocycles. The van der Waals surface area contributed by atoms with Crippen molar-refractivity contribution in [2.24, 2.45) is 52.3 Å². The van der Waals surface area contributed by atoms with Crippen LogP contribution < -0.4 is 5.32 Å². The number of aliphatic hydroxyl groups is 2.